The van der Waals surface area contributed by atoms with Gasteiger partial charge in [0.05, 0.1) is 13.2 Å². The molecule has 1 aromatic carbocycles. The van der Waals surface area contributed by atoms with Crippen molar-refractivity contribution in [2.75, 3.05) is 33.9 Å². The van der Waals surface area contributed by atoms with Crippen molar-refractivity contribution in [2.24, 2.45) is 5.92 Å². The Bertz CT molecular complexity index is 450. The largest absolute Gasteiger partial charge is 0.497 e. The number of carbonyl (C=O) groups excluding carboxylic acids is 1. The number of hydrogen-bond donors (Lipinski definition) is 0. The summed E-state index contributed by atoms with van der Waals surface area (Å²) in [6.45, 7) is 4.77. The maximum atomic E-state index is 12.5. The standard InChI is InChI=1S/C17H25NO3/c1-13(18-10-8-14(9-11-18)12-20-2)17(19)15-4-6-16(21-3)7-5-15/h4-7,13-14H,8-12H2,1-3H3. The highest BCUT2D eigenvalue weighted by atomic mass is 16.5. The van der Waals surface area contributed by atoms with Gasteiger partial charge in [-0.2, -0.15) is 0 Å². The van der Waals surface area contributed by atoms with Crippen LogP contribution in [0.25, 0.3) is 0 Å². The Kier molecular flexibility index (Phi) is 5.76. The molecule has 4 nitrogen and oxygen atoms in total. The number of piperidine rings is 1. The molecular formula is C17H25NO3. The van der Waals surface area contributed by atoms with Gasteiger partial charge < -0.3 is 9.47 Å². The van der Waals surface area contributed by atoms with E-state index in [4.69, 9.17) is 9.47 Å². The first-order valence-electron chi connectivity index (χ1n) is 7.57. The van der Waals surface area contributed by atoms with Crippen molar-refractivity contribution in [1.29, 1.82) is 0 Å². The highest BCUT2D eigenvalue weighted by molar-refractivity contribution is 5.99. The molecule has 2 rings (SSSR count). The van der Waals surface area contributed by atoms with Crippen molar-refractivity contribution in [1.82, 2.24) is 4.90 Å². The number of ketones is 1. The Balaban J connectivity index is 1.93. The third kappa shape index (κ3) is 4.05. The molecule has 21 heavy (non-hydrogen) atoms. The van der Waals surface area contributed by atoms with E-state index in [1.54, 1.807) is 14.2 Å². The van der Waals surface area contributed by atoms with Gasteiger partial charge in [0.15, 0.2) is 5.78 Å². The summed E-state index contributed by atoms with van der Waals surface area (Å²) in [5, 5.41) is 0. The number of likely N-dealkylation sites (tertiary alicyclic amines) is 1. The van der Waals surface area contributed by atoms with E-state index < -0.39 is 0 Å². The second-order valence-corrected chi connectivity index (χ2v) is 5.70. The molecule has 0 amide bonds. The minimum Gasteiger partial charge on any atom is -0.497 e. The zero-order valence-electron chi connectivity index (χ0n) is 13.2. The molecule has 1 saturated heterocycles. The Hall–Kier alpha value is -1.39. The number of Topliss-reactive ketones (excluding diaryl/α,β-unsaturated/α-hetero) is 1. The van der Waals surface area contributed by atoms with Crippen LogP contribution in [0, 0.1) is 5.92 Å². The molecule has 1 aliphatic heterocycles. The van der Waals surface area contributed by atoms with Gasteiger partial charge in [-0.3, -0.25) is 9.69 Å². The van der Waals surface area contributed by atoms with Crippen LogP contribution in [-0.2, 0) is 4.74 Å². The van der Waals surface area contributed by atoms with E-state index >= 15 is 0 Å². The Morgan fingerprint density at radius 1 is 1.24 bits per heavy atom. The summed E-state index contributed by atoms with van der Waals surface area (Å²) < 4.78 is 10.3. The van der Waals surface area contributed by atoms with Crippen LogP contribution in [0.2, 0.25) is 0 Å². The first-order valence-corrected chi connectivity index (χ1v) is 7.57. The summed E-state index contributed by atoms with van der Waals surface area (Å²) in [4.78, 5) is 14.8. The molecular weight excluding hydrogens is 266 g/mol. The third-order valence-electron chi connectivity index (χ3n) is 4.35. The van der Waals surface area contributed by atoms with Gasteiger partial charge in [-0.1, -0.05) is 0 Å². The van der Waals surface area contributed by atoms with E-state index in [9.17, 15) is 4.79 Å². The van der Waals surface area contributed by atoms with Gasteiger partial charge in [-0.25, -0.2) is 0 Å². The molecule has 1 unspecified atom stereocenters. The van der Waals surface area contributed by atoms with Gasteiger partial charge >= 0.3 is 0 Å². The fraction of sp³-hybridized carbons (Fsp3) is 0.588. The molecule has 0 spiro atoms. The maximum absolute atomic E-state index is 12.5. The van der Waals surface area contributed by atoms with Crippen molar-refractivity contribution in [3.63, 3.8) is 0 Å². The summed E-state index contributed by atoms with van der Waals surface area (Å²) >= 11 is 0. The van der Waals surface area contributed by atoms with Crippen LogP contribution in [0.5, 0.6) is 5.75 Å². The highest BCUT2D eigenvalue weighted by Crippen LogP contribution is 2.21. The lowest BCUT2D eigenvalue weighted by Crippen LogP contribution is -2.44. The highest BCUT2D eigenvalue weighted by Gasteiger charge is 2.27. The zero-order valence-corrected chi connectivity index (χ0v) is 13.2. The molecule has 0 aromatic heterocycles. The molecule has 1 aliphatic rings. The van der Waals surface area contributed by atoms with Crippen molar-refractivity contribution in [2.45, 2.75) is 25.8 Å². The number of benzene rings is 1. The van der Waals surface area contributed by atoms with Crippen LogP contribution in [0.1, 0.15) is 30.1 Å². The second-order valence-electron chi connectivity index (χ2n) is 5.70. The van der Waals surface area contributed by atoms with Gasteiger partial charge in [0.1, 0.15) is 5.75 Å². The lowest BCUT2D eigenvalue weighted by molar-refractivity contribution is 0.0661. The first kappa shape index (κ1) is 16.0. The average molecular weight is 291 g/mol. The van der Waals surface area contributed by atoms with Crippen LogP contribution in [0.15, 0.2) is 24.3 Å². The zero-order chi connectivity index (χ0) is 15.2. The Morgan fingerprint density at radius 3 is 2.38 bits per heavy atom. The lowest BCUT2D eigenvalue weighted by atomic mass is 9.95. The molecule has 0 saturated carbocycles. The molecule has 0 N–H and O–H groups in total. The summed E-state index contributed by atoms with van der Waals surface area (Å²) in [7, 11) is 3.38. The molecule has 0 aliphatic carbocycles. The molecule has 1 fully saturated rings. The van der Waals surface area contributed by atoms with Crippen LogP contribution in [0.3, 0.4) is 0 Å². The summed E-state index contributed by atoms with van der Waals surface area (Å²) in [6.07, 6.45) is 2.21. The van der Waals surface area contributed by atoms with Crippen LogP contribution < -0.4 is 4.74 Å². The minimum absolute atomic E-state index is 0.0677. The van der Waals surface area contributed by atoms with E-state index in [1.165, 1.54) is 0 Å². The maximum Gasteiger partial charge on any atom is 0.179 e. The number of hydrogen-bond acceptors (Lipinski definition) is 4. The minimum atomic E-state index is -0.0677. The summed E-state index contributed by atoms with van der Waals surface area (Å²) in [6, 6.07) is 7.29. The van der Waals surface area contributed by atoms with E-state index in [-0.39, 0.29) is 11.8 Å². The quantitative estimate of drug-likeness (QED) is 0.755. The molecule has 1 heterocycles. The van der Waals surface area contributed by atoms with Crippen molar-refractivity contribution >= 4 is 5.78 Å². The number of rotatable bonds is 6. The molecule has 116 valence electrons. The number of nitrogens with zero attached hydrogens (tertiary/aromatic N) is 1. The monoisotopic (exact) mass is 291 g/mol. The van der Waals surface area contributed by atoms with Gasteiger partial charge in [0.2, 0.25) is 0 Å². The summed E-state index contributed by atoms with van der Waals surface area (Å²) in [5.41, 5.74) is 0.752. The topological polar surface area (TPSA) is 38.8 Å². The van der Waals surface area contributed by atoms with Crippen molar-refractivity contribution < 1.29 is 14.3 Å². The number of methoxy groups -OCH3 is 2. The van der Waals surface area contributed by atoms with Crippen LogP contribution in [-0.4, -0.2) is 50.6 Å². The van der Waals surface area contributed by atoms with E-state index in [0.29, 0.717) is 5.92 Å². The Labute approximate surface area is 127 Å². The molecule has 1 aromatic rings. The fourth-order valence-electron chi connectivity index (χ4n) is 2.90. The van der Waals surface area contributed by atoms with E-state index in [0.717, 1.165) is 43.9 Å². The van der Waals surface area contributed by atoms with E-state index in [2.05, 4.69) is 4.90 Å². The SMILES string of the molecule is COCC1CCN(C(C)C(=O)c2ccc(OC)cc2)CC1. The molecule has 1 atom stereocenters. The average Bonchev–Trinajstić information content (AvgIpc) is 2.54. The van der Waals surface area contributed by atoms with Crippen LogP contribution >= 0.6 is 0 Å². The normalized spacial score (nSPS) is 18.4. The van der Waals surface area contributed by atoms with Crippen LogP contribution in [0.4, 0.5) is 0 Å². The number of ether oxygens (including phenoxy) is 2. The van der Waals surface area contributed by atoms with Gasteiger partial charge in [0.25, 0.3) is 0 Å². The predicted molar refractivity (Wildman–Crippen MR) is 83.0 cm³/mol. The van der Waals surface area contributed by atoms with Gasteiger partial charge in [0, 0.05) is 19.3 Å². The van der Waals surface area contributed by atoms with Crippen molar-refractivity contribution in [3.8, 4) is 5.75 Å². The van der Waals surface area contributed by atoms with Crippen molar-refractivity contribution in [3.05, 3.63) is 29.8 Å². The summed E-state index contributed by atoms with van der Waals surface area (Å²) in [5.74, 6) is 1.59. The van der Waals surface area contributed by atoms with Gasteiger partial charge in [-0.05, 0) is 63.0 Å². The first-order chi connectivity index (χ1) is 10.2. The second kappa shape index (κ2) is 7.57. The predicted octanol–water partition coefficient (Wildman–Crippen LogP) is 2.62. The molecule has 4 heteroatoms. The lowest BCUT2D eigenvalue weighted by Gasteiger charge is -2.35. The Morgan fingerprint density at radius 2 is 1.86 bits per heavy atom. The van der Waals surface area contributed by atoms with Gasteiger partial charge in [-0.15, -0.1) is 0 Å². The fourth-order valence-corrected chi connectivity index (χ4v) is 2.90. The number of carbonyl (C=O) groups is 1. The molecule has 0 radical (unpaired) electrons. The smallest absolute Gasteiger partial charge is 0.179 e. The third-order valence-corrected chi connectivity index (χ3v) is 4.35. The van der Waals surface area contributed by atoms with E-state index in [1.807, 2.05) is 31.2 Å². The molecule has 0 bridgehead atoms.